The zero-order valence-electron chi connectivity index (χ0n) is 11.4. The van der Waals surface area contributed by atoms with E-state index < -0.39 is 0 Å². The van der Waals surface area contributed by atoms with Crippen molar-refractivity contribution in [3.8, 4) is 0 Å². The lowest BCUT2D eigenvalue weighted by Crippen LogP contribution is -2.32. The number of rotatable bonds is 4. The minimum atomic E-state index is -0.323. The van der Waals surface area contributed by atoms with E-state index in [1.165, 1.54) is 12.1 Å². The monoisotopic (exact) mass is 347 g/mol. The predicted molar refractivity (Wildman–Crippen MR) is 83.4 cm³/mol. The van der Waals surface area contributed by atoms with Crippen LogP contribution < -0.4 is 0 Å². The largest absolute Gasteiger partial charge is 0.331 e. The molecule has 1 saturated carbocycles. The van der Waals surface area contributed by atoms with Gasteiger partial charge in [-0.25, -0.2) is 4.39 Å². The Morgan fingerprint density at radius 2 is 1.90 bits per heavy atom. The Balaban J connectivity index is 1.81. The molecule has 0 saturated heterocycles. The summed E-state index contributed by atoms with van der Waals surface area (Å²) in [5, 5.41) is 0. The smallest absolute Gasteiger partial charge is 0.254 e. The van der Waals surface area contributed by atoms with Gasteiger partial charge in [0.05, 0.1) is 0 Å². The minimum Gasteiger partial charge on any atom is -0.331 e. The molecule has 0 radical (unpaired) electrons. The van der Waals surface area contributed by atoms with Crippen LogP contribution in [0.1, 0.15) is 28.8 Å². The Morgan fingerprint density at radius 1 is 1.19 bits per heavy atom. The molecule has 0 bridgehead atoms. The number of carbonyl (C=O) groups excluding carboxylic acids is 1. The van der Waals surface area contributed by atoms with Crippen LogP contribution in [0.4, 0.5) is 4.39 Å². The van der Waals surface area contributed by atoms with Gasteiger partial charge in [-0.15, -0.1) is 0 Å². The Morgan fingerprint density at radius 3 is 2.52 bits per heavy atom. The van der Waals surface area contributed by atoms with E-state index in [-0.39, 0.29) is 11.7 Å². The van der Waals surface area contributed by atoms with Gasteiger partial charge < -0.3 is 4.90 Å². The molecule has 2 aromatic carbocycles. The van der Waals surface area contributed by atoms with Crippen molar-refractivity contribution < 1.29 is 9.18 Å². The fourth-order valence-electron chi connectivity index (χ4n) is 2.34. The number of carbonyl (C=O) groups is 1. The lowest BCUT2D eigenvalue weighted by atomic mass is 10.1. The number of nitrogens with zero attached hydrogens (tertiary/aromatic N) is 1. The third-order valence-corrected chi connectivity index (χ3v) is 4.07. The van der Waals surface area contributed by atoms with E-state index in [4.69, 9.17) is 0 Å². The molecule has 2 aromatic rings. The quantitative estimate of drug-likeness (QED) is 0.802. The van der Waals surface area contributed by atoms with Crippen LogP contribution >= 0.6 is 15.9 Å². The van der Waals surface area contributed by atoms with Crippen molar-refractivity contribution in [1.82, 2.24) is 4.90 Å². The zero-order chi connectivity index (χ0) is 14.8. The molecule has 0 aromatic heterocycles. The number of hydrogen-bond donors (Lipinski definition) is 0. The van der Waals surface area contributed by atoms with Crippen molar-refractivity contribution in [2.45, 2.75) is 25.4 Å². The summed E-state index contributed by atoms with van der Waals surface area (Å²) >= 11 is 3.45. The summed E-state index contributed by atoms with van der Waals surface area (Å²) in [7, 11) is 0. The van der Waals surface area contributed by atoms with Crippen LogP contribution in [0, 0.1) is 5.82 Å². The SMILES string of the molecule is O=C(c1ccc(F)cc1)N(Cc1cccc(Br)c1)C1CC1. The van der Waals surface area contributed by atoms with Gasteiger partial charge in [-0.1, -0.05) is 28.1 Å². The van der Waals surface area contributed by atoms with Crippen LogP contribution in [0.15, 0.2) is 53.0 Å². The Kier molecular flexibility index (Phi) is 4.06. The van der Waals surface area contributed by atoms with Gasteiger partial charge in [0.15, 0.2) is 0 Å². The lowest BCUT2D eigenvalue weighted by Gasteiger charge is -2.23. The highest BCUT2D eigenvalue weighted by Crippen LogP contribution is 2.30. The van der Waals surface area contributed by atoms with Crippen molar-refractivity contribution >= 4 is 21.8 Å². The summed E-state index contributed by atoms with van der Waals surface area (Å²) in [4.78, 5) is 14.5. The molecule has 1 aliphatic rings. The predicted octanol–water partition coefficient (Wildman–Crippen LogP) is 4.39. The number of halogens is 2. The Labute approximate surface area is 131 Å². The molecule has 0 atom stereocenters. The molecule has 21 heavy (non-hydrogen) atoms. The number of amides is 1. The van der Waals surface area contributed by atoms with Gasteiger partial charge in [0.2, 0.25) is 0 Å². The minimum absolute atomic E-state index is 0.0301. The van der Waals surface area contributed by atoms with E-state index in [9.17, 15) is 9.18 Å². The molecular weight excluding hydrogens is 333 g/mol. The van der Waals surface area contributed by atoms with Crippen molar-refractivity contribution in [1.29, 1.82) is 0 Å². The topological polar surface area (TPSA) is 20.3 Å². The van der Waals surface area contributed by atoms with Crippen LogP contribution in [0.25, 0.3) is 0 Å². The first-order valence-corrected chi connectivity index (χ1v) is 7.74. The summed E-state index contributed by atoms with van der Waals surface area (Å²) < 4.78 is 14.0. The molecule has 108 valence electrons. The molecule has 2 nitrogen and oxygen atoms in total. The lowest BCUT2D eigenvalue weighted by molar-refractivity contribution is 0.0730. The first-order chi connectivity index (χ1) is 10.1. The maximum absolute atomic E-state index is 13.0. The Hall–Kier alpha value is -1.68. The van der Waals surface area contributed by atoms with Crippen molar-refractivity contribution in [3.05, 3.63) is 69.9 Å². The molecule has 0 aliphatic heterocycles. The van der Waals surface area contributed by atoms with Crippen molar-refractivity contribution in [2.75, 3.05) is 0 Å². The van der Waals surface area contributed by atoms with Gasteiger partial charge in [0, 0.05) is 22.6 Å². The molecule has 3 rings (SSSR count). The van der Waals surface area contributed by atoms with Crippen molar-refractivity contribution in [2.24, 2.45) is 0 Å². The van der Waals surface area contributed by atoms with Gasteiger partial charge in [0.1, 0.15) is 5.82 Å². The van der Waals surface area contributed by atoms with Crippen LogP contribution in [-0.2, 0) is 6.54 Å². The average Bonchev–Trinajstić information content (AvgIpc) is 3.29. The molecule has 4 heteroatoms. The molecule has 0 spiro atoms. The standard InChI is InChI=1S/C17H15BrFNO/c18-14-3-1-2-12(10-14)11-20(16-8-9-16)17(21)13-4-6-15(19)7-5-13/h1-7,10,16H,8-9,11H2. The maximum atomic E-state index is 13.0. The maximum Gasteiger partial charge on any atom is 0.254 e. The van der Waals surface area contributed by atoms with Gasteiger partial charge in [0.25, 0.3) is 5.91 Å². The molecule has 1 aliphatic carbocycles. The van der Waals surface area contributed by atoms with Gasteiger partial charge >= 0.3 is 0 Å². The average molecular weight is 348 g/mol. The Bertz CT molecular complexity index is 652. The van der Waals surface area contributed by atoms with E-state index in [0.717, 1.165) is 22.9 Å². The fourth-order valence-corrected chi connectivity index (χ4v) is 2.79. The molecule has 0 heterocycles. The molecule has 1 fully saturated rings. The van der Waals surface area contributed by atoms with Crippen LogP contribution in [0.5, 0.6) is 0 Å². The normalized spacial score (nSPS) is 14.0. The summed E-state index contributed by atoms with van der Waals surface area (Å²) in [6, 6.07) is 14.0. The first kappa shape index (κ1) is 14.3. The zero-order valence-corrected chi connectivity index (χ0v) is 13.0. The second kappa shape index (κ2) is 5.98. The number of benzene rings is 2. The highest BCUT2D eigenvalue weighted by atomic mass is 79.9. The highest BCUT2D eigenvalue weighted by Gasteiger charge is 2.33. The first-order valence-electron chi connectivity index (χ1n) is 6.94. The molecule has 0 unspecified atom stereocenters. The van der Waals surface area contributed by atoms with Gasteiger partial charge in [-0.3, -0.25) is 4.79 Å². The van der Waals surface area contributed by atoms with E-state index in [0.29, 0.717) is 18.2 Å². The van der Waals surface area contributed by atoms with Crippen LogP contribution in [0.2, 0.25) is 0 Å². The van der Waals surface area contributed by atoms with E-state index in [2.05, 4.69) is 15.9 Å². The van der Waals surface area contributed by atoms with E-state index in [1.807, 2.05) is 29.2 Å². The third-order valence-electron chi connectivity index (χ3n) is 3.58. The highest BCUT2D eigenvalue weighted by molar-refractivity contribution is 9.10. The van der Waals surface area contributed by atoms with Crippen LogP contribution in [-0.4, -0.2) is 16.8 Å². The van der Waals surface area contributed by atoms with Gasteiger partial charge in [-0.05, 0) is 54.8 Å². The third kappa shape index (κ3) is 3.50. The molecular formula is C17H15BrFNO. The van der Waals surface area contributed by atoms with E-state index in [1.54, 1.807) is 12.1 Å². The molecule has 0 N–H and O–H groups in total. The second-order valence-corrected chi connectivity index (χ2v) is 6.22. The summed E-state index contributed by atoms with van der Waals surface area (Å²) in [5.74, 6) is -0.353. The van der Waals surface area contributed by atoms with Gasteiger partial charge in [-0.2, -0.15) is 0 Å². The van der Waals surface area contributed by atoms with E-state index >= 15 is 0 Å². The summed E-state index contributed by atoms with van der Waals surface area (Å²) in [5.41, 5.74) is 1.63. The fraction of sp³-hybridized carbons (Fsp3) is 0.235. The summed E-state index contributed by atoms with van der Waals surface area (Å²) in [6.07, 6.45) is 2.09. The van der Waals surface area contributed by atoms with Crippen molar-refractivity contribution in [3.63, 3.8) is 0 Å². The molecule has 1 amide bonds. The second-order valence-electron chi connectivity index (χ2n) is 5.30. The van der Waals surface area contributed by atoms with Crippen LogP contribution in [0.3, 0.4) is 0 Å². The number of hydrogen-bond acceptors (Lipinski definition) is 1. The summed E-state index contributed by atoms with van der Waals surface area (Å²) in [6.45, 7) is 0.584.